The SMILES string of the molecule is COC(=O)CC[C@H](C)[C@@H]1CC[C@@H]2[C@H]3CCC4=CC(=O)CC[C@]4(C)[C@@H]3C[C@@H](OC(C)=O)[C@@]21C. The van der Waals surface area contributed by atoms with Gasteiger partial charge in [-0.2, -0.15) is 0 Å². The maximum Gasteiger partial charge on any atom is 0.305 e. The Hall–Kier alpha value is -1.65. The summed E-state index contributed by atoms with van der Waals surface area (Å²) in [6.45, 7) is 8.52. The molecule has 0 N–H and O–H groups in total. The van der Waals surface area contributed by atoms with Gasteiger partial charge < -0.3 is 9.47 Å². The van der Waals surface area contributed by atoms with E-state index in [9.17, 15) is 14.4 Å². The van der Waals surface area contributed by atoms with Crippen LogP contribution in [0.3, 0.4) is 0 Å². The van der Waals surface area contributed by atoms with Crippen LogP contribution in [0.1, 0.15) is 85.5 Å². The van der Waals surface area contributed by atoms with Gasteiger partial charge in [-0.25, -0.2) is 0 Å². The van der Waals surface area contributed by atoms with Gasteiger partial charge in [0, 0.05) is 25.2 Å². The molecule has 0 aliphatic heterocycles. The molecule has 0 heterocycles. The van der Waals surface area contributed by atoms with Gasteiger partial charge in [-0.05, 0) is 86.0 Å². The zero-order chi connectivity index (χ0) is 23.3. The second-order valence-electron chi connectivity index (χ2n) is 11.4. The lowest BCUT2D eigenvalue weighted by molar-refractivity contribution is -0.181. The summed E-state index contributed by atoms with van der Waals surface area (Å²) in [6.07, 6.45) is 9.98. The van der Waals surface area contributed by atoms with Gasteiger partial charge in [-0.3, -0.25) is 14.4 Å². The highest BCUT2D eigenvalue weighted by atomic mass is 16.5. The van der Waals surface area contributed by atoms with Gasteiger partial charge in [-0.15, -0.1) is 0 Å². The summed E-state index contributed by atoms with van der Waals surface area (Å²) in [5.74, 6) is 2.32. The largest absolute Gasteiger partial charge is 0.469 e. The van der Waals surface area contributed by atoms with E-state index in [1.807, 2.05) is 6.08 Å². The van der Waals surface area contributed by atoms with Crippen molar-refractivity contribution in [2.75, 3.05) is 7.11 Å². The minimum absolute atomic E-state index is 0.0468. The molecule has 0 saturated heterocycles. The Kier molecular flexibility index (Phi) is 6.32. The van der Waals surface area contributed by atoms with E-state index in [1.165, 1.54) is 19.6 Å². The second-order valence-corrected chi connectivity index (χ2v) is 11.4. The maximum absolute atomic E-state index is 12.2. The van der Waals surface area contributed by atoms with Crippen LogP contribution >= 0.6 is 0 Å². The Morgan fingerprint density at radius 1 is 1.16 bits per heavy atom. The third-order valence-corrected chi connectivity index (χ3v) is 10.1. The molecule has 4 rings (SSSR count). The predicted octanol–water partition coefficient (Wildman–Crippen LogP) is 5.27. The van der Waals surface area contributed by atoms with E-state index >= 15 is 0 Å². The number of allylic oxidation sites excluding steroid dienone is 1. The molecule has 0 aromatic rings. The average molecular weight is 445 g/mol. The number of carbonyl (C=O) groups excluding carboxylic acids is 3. The summed E-state index contributed by atoms with van der Waals surface area (Å²) in [5, 5.41) is 0. The molecule has 0 aromatic heterocycles. The standard InChI is InChI=1S/C27H40O5/c1-16(6-11-25(30)31-5)21-9-10-22-20-8-7-18-14-19(29)12-13-26(18,3)23(20)15-24(27(21,22)4)32-17(2)28/h14,16,20-24H,6-13,15H2,1-5H3/t16-,20+,21-,22+,23+,24+,26-,27+/m0/s1. The van der Waals surface area contributed by atoms with Gasteiger partial charge in [-0.1, -0.05) is 26.3 Å². The molecule has 4 aliphatic carbocycles. The van der Waals surface area contributed by atoms with E-state index in [1.54, 1.807) is 0 Å². The van der Waals surface area contributed by atoms with Crippen LogP contribution in [-0.4, -0.2) is 30.9 Å². The van der Waals surface area contributed by atoms with E-state index in [-0.39, 0.29) is 34.7 Å². The average Bonchev–Trinajstić information content (AvgIpc) is 3.11. The van der Waals surface area contributed by atoms with E-state index in [0.29, 0.717) is 42.4 Å². The lowest BCUT2D eigenvalue weighted by Gasteiger charge is -2.60. The van der Waals surface area contributed by atoms with Crippen molar-refractivity contribution in [3.8, 4) is 0 Å². The zero-order valence-electron chi connectivity index (χ0n) is 20.4. The van der Waals surface area contributed by atoms with Gasteiger partial charge >= 0.3 is 11.9 Å². The minimum Gasteiger partial charge on any atom is -0.469 e. The highest BCUT2D eigenvalue weighted by Gasteiger charge is 2.64. The molecule has 178 valence electrons. The van der Waals surface area contributed by atoms with Crippen molar-refractivity contribution in [3.05, 3.63) is 11.6 Å². The zero-order valence-corrected chi connectivity index (χ0v) is 20.4. The fourth-order valence-corrected chi connectivity index (χ4v) is 8.48. The number of carbonyl (C=O) groups is 3. The van der Waals surface area contributed by atoms with Crippen molar-refractivity contribution in [1.29, 1.82) is 0 Å². The predicted molar refractivity (Wildman–Crippen MR) is 122 cm³/mol. The molecule has 0 amide bonds. The first-order valence-electron chi connectivity index (χ1n) is 12.6. The first-order valence-corrected chi connectivity index (χ1v) is 12.6. The minimum atomic E-state index is -0.197. The van der Waals surface area contributed by atoms with Crippen LogP contribution < -0.4 is 0 Å². The quantitative estimate of drug-likeness (QED) is 0.541. The number of fused-ring (bicyclic) bond motifs is 5. The molecule has 5 nitrogen and oxygen atoms in total. The third kappa shape index (κ3) is 3.74. The Morgan fingerprint density at radius 3 is 2.59 bits per heavy atom. The molecule has 0 spiro atoms. The smallest absolute Gasteiger partial charge is 0.305 e. The van der Waals surface area contributed by atoms with Crippen molar-refractivity contribution >= 4 is 17.7 Å². The van der Waals surface area contributed by atoms with Crippen LogP contribution in [0.15, 0.2) is 11.6 Å². The van der Waals surface area contributed by atoms with Crippen LogP contribution in [0.2, 0.25) is 0 Å². The van der Waals surface area contributed by atoms with Crippen LogP contribution in [-0.2, 0) is 23.9 Å². The van der Waals surface area contributed by atoms with Gasteiger partial charge in [0.2, 0.25) is 0 Å². The summed E-state index contributed by atoms with van der Waals surface area (Å²) >= 11 is 0. The van der Waals surface area contributed by atoms with Crippen molar-refractivity contribution in [2.24, 2.45) is 40.4 Å². The summed E-state index contributed by atoms with van der Waals surface area (Å²) in [6, 6.07) is 0. The fraction of sp³-hybridized carbons (Fsp3) is 0.815. The molecule has 32 heavy (non-hydrogen) atoms. The molecular formula is C27H40O5. The molecule has 0 aromatic carbocycles. The molecular weight excluding hydrogens is 404 g/mol. The highest BCUT2D eigenvalue weighted by molar-refractivity contribution is 5.91. The van der Waals surface area contributed by atoms with Crippen molar-refractivity contribution in [3.63, 3.8) is 0 Å². The van der Waals surface area contributed by atoms with E-state index in [0.717, 1.165) is 44.9 Å². The van der Waals surface area contributed by atoms with Crippen LogP contribution in [0, 0.1) is 40.4 Å². The van der Waals surface area contributed by atoms with Crippen molar-refractivity contribution in [2.45, 2.75) is 91.6 Å². The number of hydrogen-bond acceptors (Lipinski definition) is 5. The molecule has 0 radical (unpaired) electrons. The lowest BCUT2D eigenvalue weighted by Crippen LogP contribution is -2.57. The van der Waals surface area contributed by atoms with Crippen LogP contribution in [0.25, 0.3) is 0 Å². The number of methoxy groups -OCH3 is 1. The molecule has 8 atom stereocenters. The van der Waals surface area contributed by atoms with Crippen molar-refractivity contribution in [1.82, 2.24) is 0 Å². The number of rotatable bonds is 5. The summed E-state index contributed by atoms with van der Waals surface area (Å²) in [7, 11) is 1.45. The normalized spacial score (nSPS) is 41.6. The number of ketones is 1. The summed E-state index contributed by atoms with van der Waals surface area (Å²) in [5.41, 5.74) is 1.32. The summed E-state index contributed by atoms with van der Waals surface area (Å²) in [4.78, 5) is 36.1. The van der Waals surface area contributed by atoms with Gasteiger partial charge in [0.05, 0.1) is 7.11 Å². The van der Waals surface area contributed by atoms with Gasteiger partial charge in [0.25, 0.3) is 0 Å². The van der Waals surface area contributed by atoms with E-state index < -0.39 is 0 Å². The monoisotopic (exact) mass is 444 g/mol. The Bertz CT molecular complexity index is 815. The van der Waals surface area contributed by atoms with E-state index in [4.69, 9.17) is 9.47 Å². The molecule has 5 heteroatoms. The number of esters is 2. The second kappa shape index (κ2) is 8.61. The van der Waals surface area contributed by atoms with Crippen LogP contribution in [0.5, 0.6) is 0 Å². The topological polar surface area (TPSA) is 69.7 Å². The van der Waals surface area contributed by atoms with E-state index in [2.05, 4.69) is 20.8 Å². The fourth-order valence-electron chi connectivity index (χ4n) is 8.48. The van der Waals surface area contributed by atoms with Gasteiger partial charge in [0.15, 0.2) is 5.78 Å². The lowest BCUT2D eigenvalue weighted by atomic mass is 9.45. The summed E-state index contributed by atoms with van der Waals surface area (Å²) < 4.78 is 11.0. The van der Waals surface area contributed by atoms with Gasteiger partial charge in [0.1, 0.15) is 6.10 Å². The Labute approximate surface area is 192 Å². The van der Waals surface area contributed by atoms with Crippen LogP contribution in [0.4, 0.5) is 0 Å². The Morgan fingerprint density at radius 2 is 1.91 bits per heavy atom. The highest BCUT2D eigenvalue weighted by Crippen LogP contribution is 2.68. The Balaban J connectivity index is 1.65. The molecule has 0 unspecified atom stereocenters. The molecule has 3 saturated carbocycles. The maximum atomic E-state index is 12.2. The number of ether oxygens (including phenoxy) is 2. The first kappa shape index (κ1) is 23.5. The van der Waals surface area contributed by atoms with Crippen molar-refractivity contribution < 1.29 is 23.9 Å². The molecule has 0 bridgehead atoms. The molecule has 3 fully saturated rings. The first-order chi connectivity index (χ1) is 15.1. The number of hydrogen-bond donors (Lipinski definition) is 0. The third-order valence-electron chi connectivity index (χ3n) is 10.1. The molecule has 4 aliphatic rings.